The summed E-state index contributed by atoms with van der Waals surface area (Å²) in [5, 5.41) is 0. The first-order valence-corrected chi connectivity index (χ1v) is 7.80. The number of carbonyl (C=O) groups is 1. The zero-order valence-corrected chi connectivity index (χ0v) is 14.4. The Morgan fingerprint density at radius 2 is 1.78 bits per heavy atom. The number of hydrogen-bond donors (Lipinski definition) is 0. The largest absolute Gasteiger partial charge is 0.493 e. The third-order valence-electron chi connectivity index (χ3n) is 3.67. The maximum absolute atomic E-state index is 12.6. The van der Waals surface area contributed by atoms with Crippen LogP contribution in [-0.4, -0.2) is 32.7 Å². The molecule has 140 valence electrons. The molecule has 0 radical (unpaired) electrons. The third kappa shape index (κ3) is 4.05. The Bertz CT molecular complexity index is 924. The summed E-state index contributed by atoms with van der Waals surface area (Å²) in [4.78, 5) is 16.2. The smallest absolute Gasteiger partial charge is 0.387 e. The Balaban J connectivity index is 1.94. The van der Waals surface area contributed by atoms with E-state index in [9.17, 15) is 13.6 Å². The van der Waals surface area contributed by atoms with Gasteiger partial charge in [-0.05, 0) is 35.9 Å². The molecule has 2 aromatic carbocycles. The van der Waals surface area contributed by atoms with Gasteiger partial charge in [-0.15, -0.1) is 0 Å². The maximum Gasteiger partial charge on any atom is 0.387 e. The van der Waals surface area contributed by atoms with Crippen LogP contribution in [0.5, 0.6) is 17.2 Å². The molecule has 0 unspecified atom stereocenters. The fourth-order valence-electron chi connectivity index (χ4n) is 2.47. The molecule has 3 rings (SSSR count). The minimum Gasteiger partial charge on any atom is -0.493 e. The molecule has 6 nitrogen and oxygen atoms in total. The predicted octanol–water partition coefficient (Wildman–Crippen LogP) is 3.65. The number of cyclic esters (lactones) is 1. The van der Waals surface area contributed by atoms with Gasteiger partial charge in [-0.1, -0.05) is 18.2 Å². The number of para-hydroxylation sites is 1. The fraction of sp³-hybridized carbons (Fsp3) is 0.158. The van der Waals surface area contributed by atoms with Gasteiger partial charge in [0.1, 0.15) is 5.75 Å². The van der Waals surface area contributed by atoms with Crippen molar-refractivity contribution in [1.29, 1.82) is 0 Å². The molecule has 0 bridgehead atoms. The summed E-state index contributed by atoms with van der Waals surface area (Å²) in [5.74, 6) is 0.0787. The average Bonchev–Trinajstić information content (AvgIpc) is 3.01. The standard InChI is InChI=1S/C19H15F2NO5/c1-24-15-8-7-11(10-16(15)25-2)9-13-18(23)27-17(22-13)12-5-3-4-6-14(12)26-19(20)21/h3-10,19H,1-2H3. The molecular weight excluding hydrogens is 360 g/mol. The van der Waals surface area contributed by atoms with Gasteiger partial charge in [-0.2, -0.15) is 8.78 Å². The van der Waals surface area contributed by atoms with Gasteiger partial charge in [0.25, 0.3) is 0 Å². The van der Waals surface area contributed by atoms with E-state index in [-0.39, 0.29) is 22.9 Å². The number of rotatable bonds is 6. The van der Waals surface area contributed by atoms with Gasteiger partial charge in [-0.25, -0.2) is 9.79 Å². The summed E-state index contributed by atoms with van der Waals surface area (Å²) in [6.07, 6.45) is 1.49. The van der Waals surface area contributed by atoms with Crippen molar-refractivity contribution < 1.29 is 32.5 Å². The van der Waals surface area contributed by atoms with Crippen LogP contribution < -0.4 is 14.2 Å². The van der Waals surface area contributed by atoms with E-state index >= 15 is 0 Å². The summed E-state index contributed by atoms with van der Waals surface area (Å²) >= 11 is 0. The summed E-state index contributed by atoms with van der Waals surface area (Å²) in [5.41, 5.74) is 0.799. The second kappa shape index (κ2) is 7.86. The molecule has 0 aliphatic carbocycles. The van der Waals surface area contributed by atoms with Gasteiger partial charge in [0.2, 0.25) is 5.90 Å². The summed E-state index contributed by atoms with van der Waals surface area (Å²) in [7, 11) is 3.01. The highest BCUT2D eigenvalue weighted by Crippen LogP contribution is 2.30. The van der Waals surface area contributed by atoms with Gasteiger partial charge in [0.15, 0.2) is 17.2 Å². The van der Waals surface area contributed by atoms with E-state index in [0.29, 0.717) is 17.1 Å². The van der Waals surface area contributed by atoms with Crippen molar-refractivity contribution in [1.82, 2.24) is 0 Å². The van der Waals surface area contributed by atoms with Crippen molar-refractivity contribution in [3.8, 4) is 17.2 Å². The zero-order chi connectivity index (χ0) is 19.4. The Hall–Kier alpha value is -3.42. The summed E-state index contributed by atoms with van der Waals surface area (Å²) < 4.78 is 45.1. The molecule has 27 heavy (non-hydrogen) atoms. The highest BCUT2D eigenvalue weighted by molar-refractivity contribution is 6.13. The van der Waals surface area contributed by atoms with E-state index in [1.165, 1.54) is 38.5 Å². The molecule has 8 heteroatoms. The van der Waals surface area contributed by atoms with E-state index in [0.717, 1.165) is 0 Å². The average molecular weight is 375 g/mol. The number of halogens is 2. The maximum atomic E-state index is 12.6. The van der Waals surface area contributed by atoms with E-state index in [2.05, 4.69) is 9.73 Å². The van der Waals surface area contributed by atoms with Crippen LogP contribution in [0.1, 0.15) is 11.1 Å². The number of hydrogen-bond acceptors (Lipinski definition) is 6. The minimum absolute atomic E-state index is 0.0177. The van der Waals surface area contributed by atoms with Crippen LogP contribution >= 0.6 is 0 Å². The van der Waals surface area contributed by atoms with Gasteiger partial charge in [-0.3, -0.25) is 0 Å². The predicted molar refractivity (Wildman–Crippen MR) is 93.2 cm³/mol. The zero-order valence-electron chi connectivity index (χ0n) is 14.4. The molecule has 1 heterocycles. The molecule has 0 amide bonds. The second-order valence-corrected chi connectivity index (χ2v) is 5.33. The van der Waals surface area contributed by atoms with Crippen molar-refractivity contribution in [2.45, 2.75) is 6.61 Å². The lowest BCUT2D eigenvalue weighted by atomic mass is 10.1. The van der Waals surface area contributed by atoms with Crippen LogP contribution in [-0.2, 0) is 9.53 Å². The molecule has 0 saturated carbocycles. The Labute approximate surface area is 153 Å². The number of alkyl halides is 2. The second-order valence-electron chi connectivity index (χ2n) is 5.33. The molecule has 0 spiro atoms. The Kier molecular flexibility index (Phi) is 5.35. The highest BCUT2D eigenvalue weighted by Gasteiger charge is 2.27. The Morgan fingerprint density at radius 1 is 1.04 bits per heavy atom. The molecule has 0 saturated heterocycles. The van der Waals surface area contributed by atoms with E-state index in [4.69, 9.17) is 14.2 Å². The van der Waals surface area contributed by atoms with Gasteiger partial charge in [0.05, 0.1) is 19.8 Å². The number of ether oxygens (including phenoxy) is 4. The van der Waals surface area contributed by atoms with E-state index < -0.39 is 12.6 Å². The minimum atomic E-state index is -3.01. The number of esters is 1. The number of benzene rings is 2. The van der Waals surface area contributed by atoms with Gasteiger partial charge >= 0.3 is 12.6 Å². The van der Waals surface area contributed by atoms with Crippen LogP contribution in [0.3, 0.4) is 0 Å². The first kappa shape index (κ1) is 18.4. The fourth-order valence-corrected chi connectivity index (χ4v) is 2.47. The first-order chi connectivity index (χ1) is 13.0. The van der Waals surface area contributed by atoms with Crippen LogP contribution in [0.4, 0.5) is 8.78 Å². The first-order valence-electron chi connectivity index (χ1n) is 7.80. The monoisotopic (exact) mass is 375 g/mol. The van der Waals surface area contributed by atoms with Crippen molar-refractivity contribution >= 4 is 17.9 Å². The van der Waals surface area contributed by atoms with Crippen molar-refractivity contribution in [3.05, 3.63) is 59.3 Å². The lowest BCUT2D eigenvalue weighted by Crippen LogP contribution is -2.10. The van der Waals surface area contributed by atoms with Crippen LogP contribution in [0, 0.1) is 0 Å². The van der Waals surface area contributed by atoms with Crippen molar-refractivity contribution in [2.75, 3.05) is 14.2 Å². The number of carbonyl (C=O) groups excluding carboxylic acids is 1. The molecule has 0 fully saturated rings. The van der Waals surface area contributed by atoms with E-state index in [1.54, 1.807) is 24.3 Å². The highest BCUT2D eigenvalue weighted by atomic mass is 19.3. The molecule has 0 N–H and O–H groups in total. The summed E-state index contributed by atoms with van der Waals surface area (Å²) in [6.45, 7) is -3.01. The quantitative estimate of drug-likeness (QED) is 0.570. The number of methoxy groups -OCH3 is 2. The van der Waals surface area contributed by atoms with Gasteiger partial charge in [0, 0.05) is 0 Å². The summed E-state index contributed by atoms with van der Waals surface area (Å²) in [6, 6.07) is 11.0. The number of nitrogens with zero attached hydrogens (tertiary/aromatic N) is 1. The van der Waals surface area contributed by atoms with Gasteiger partial charge < -0.3 is 18.9 Å². The lowest BCUT2D eigenvalue weighted by molar-refractivity contribution is -0.129. The molecule has 1 aliphatic heterocycles. The third-order valence-corrected chi connectivity index (χ3v) is 3.67. The molecule has 0 aromatic heterocycles. The molecule has 2 aromatic rings. The number of aliphatic imine (C=N–C) groups is 1. The van der Waals surface area contributed by atoms with Crippen LogP contribution in [0.2, 0.25) is 0 Å². The van der Waals surface area contributed by atoms with Crippen molar-refractivity contribution in [2.24, 2.45) is 4.99 Å². The van der Waals surface area contributed by atoms with Crippen LogP contribution in [0.15, 0.2) is 53.2 Å². The lowest BCUT2D eigenvalue weighted by Gasteiger charge is -2.08. The normalized spacial score (nSPS) is 14.9. The van der Waals surface area contributed by atoms with Crippen molar-refractivity contribution in [3.63, 3.8) is 0 Å². The molecule has 1 aliphatic rings. The topological polar surface area (TPSA) is 66.3 Å². The SMILES string of the molecule is COc1ccc(C=C2N=C(c3ccccc3OC(F)F)OC2=O)cc1OC. The van der Waals surface area contributed by atoms with Crippen LogP contribution in [0.25, 0.3) is 6.08 Å². The molecular formula is C19H15F2NO5. The molecule has 0 atom stereocenters. The Morgan fingerprint density at radius 3 is 2.48 bits per heavy atom. The van der Waals surface area contributed by atoms with E-state index in [1.807, 2.05) is 0 Å².